The van der Waals surface area contributed by atoms with Gasteiger partial charge in [-0.3, -0.25) is 5.32 Å². The molecule has 0 heterocycles. The van der Waals surface area contributed by atoms with Gasteiger partial charge in [-0.05, 0) is 45.4 Å². The Balaban J connectivity index is 1.90. The van der Waals surface area contributed by atoms with Crippen molar-refractivity contribution in [3.05, 3.63) is 0 Å². The zero-order valence-corrected chi connectivity index (χ0v) is 10.1. The first kappa shape index (κ1) is 11.4. The van der Waals surface area contributed by atoms with Gasteiger partial charge in [0.1, 0.15) is 5.72 Å². The van der Waals surface area contributed by atoms with Gasteiger partial charge in [0.15, 0.2) is 0 Å². The summed E-state index contributed by atoms with van der Waals surface area (Å²) < 4.78 is 6.02. The van der Waals surface area contributed by atoms with Gasteiger partial charge in [-0.1, -0.05) is 19.3 Å². The lowest BCUT2D eigenvalue weighted by molar-refractivity contribution is -0.0960. The van der Waals surface area contributed by atoms with Crippen LogP contribution in [0.4, 0.5) is 0 Å². The second kappa shape index (κ2) is 5.31. The van der Waals surface area contributed by atoms with Crippen molar-refractivity contribution in [2.45, 2.75) is 76.5 Å². The minimum absolute atomic E-state index is 0.0437. The van der Waals surface area contributed by atoms with Crippen LogP contribution in [0.2, 0.25) is 0 Å². The van der Waals surface area contributed by atoms with Crippen LogP contribution in [0.3, 0.4) is 0 Å². The van der Waals surface area contributed by atoms with Gasteiger partial charge < -0.3 is 4.74 Å². The second-order valence-electron chi connectivity index (χ2n) is 5.11. The fourth-order valence-electron chi connectivity index (χ4n) is 3.17. The first-order valence-corrected chi connectivity index (χ1v) is 6.76. The van der Waals surface area contributed by atoms with Crippen molar-refractivity contribution in [2.24, 2.45) is 0 Å². The van der Waals surface area contributed by atoms with Gasteiger partial charge in [-0.25, -0.2) is 0 Å². The maximum Gasteiger partial charge on any atom is 0.119 e. The van der Waals surface area contributed by atoms with Crippen LogP contribution in [-0.4, -0.2) is 18.4 Å². The largest absolute Gasteiger partial charge is 0.361 e. The molecule has 0 aliphatic heterocycles. The Morgan fingerprint density at radius 2 is 1.73 bits per heavy atom. The molecule has 0 spiro atoms. The van der Waals surface area contributed by atoms with Gasteiger partial charge in [0.25, 0.3) is 0 Å². The summed E-state index contributed by atoms with van der Waals surface area (Å²) in [6.07, 6.45) is 12.0. The molecular formula is C13H25NO. The van der Waals surface area contributed by atoms with Crippen LogP contribution in [0, 0.1) is 0 Å². The van der Waals surface area contributed by atoms with Crippen LogP contribution in [-0.2, 0) is 4.74 Å². The normalized spacial score (nSPS) is 27.0. The fourth-order valence-corrected chi connectivity index (χ4v) is 3.17. The molecule has 2 heteroatoms. The Morgan fingerprint density at radius 1 is 1.07 bits per heavy atom. The van der Waals surface area contributed by atoms with E-state index in [-0.39, 0.29) is 5.72 Å². The summed E-state index contributed by atoms with van der Waals surface area (Å²) in [4.78, 5) is 0. The van der Waals surface area contributed by atoms with Gasteiger partial charge in [-0.2, -0.15) is 0 Å². The van der Waals surface area contributed by atoms with E-state index in [2.05, 4.69) is 12.2 Å². The molecule has 1 N–H and O–H groups in total. The van der Waals surface area contributed by atoms with E-state index < -0.39 is 0 Å². The number of nitrogens with one attached hydrogen (secondary N) is 1. The van der Waals surface area contributed by atoms with Crippen LogP contribution in [0.15, 0.2) is 0 Å². The highest BCUT2D eigenvalue weighted by atomic mass is 16.5. The molecule has 0 aromatic carbocycles. The minimum Gasteiger partial charge on any atom is -0.361 e. The molecule has 2 nitrogen and oxygen atoms in total. The Bertz CT molecular complexity index is 175. The predicted molar refractivity (Wildman–Crippen MR) is 62.8 cm³/mol. The molecule has 2 aliphatic rings. The molecule has 0 unspecified atom stereocenters. The van der Waals surface area contributed by atoms with E-state index in [0.29, 0.717) is 0 Å². The highest BCUT2D eigenvalue weighted by Gasteiger charge is 2.34. The zero-order valence-electron chi connectivity index (χ0n) is 10.1. The van der Waals surface area contributed by atoms with Crippen LogP contribution in [0.1, 0.15) is 64.7 Å². The van der Waals surface area contributed by atoms with Crippen molar-refractivity contribution in [1.82, 2.24) is 5.32 Å². The summed E-state index contributed by atoms with van der Waals surface area (Å²) in [5.41, 5.74) is 0.0437. The molecule has 0 bridgehead atoms. The van der Waals surface area contributed by atoms with E-state index in [1.54, 1.807) is 0 Å². The molecule has 0 saturated heterocycles. The average molecular weight is 211 g/mol. The van der Waals surface area contributed by atoms with Crippen LogP contribution in [0.5, 0.6) is 0 Å². The van der Waals surface area contributed by atoms with Crippen molar-refractivity contribution in [2.75, 3.05) is 6.61 Å². The molecule has 2 aliphatic carbocycles. The van der Waals surface area contributed by atoms with E-state index in [1.165, 1.54) is 57.8 Å². The maximum absolute atomic E-state index is 6.02. The van der Waals surface area contributed by atoms with E-state index in [1.807, 2.05) is 0 Å². The number of ether oxygens (including phenoxy) is 1. The van der Waals surface area contributed by atoms with Gasteiger partial charge >= 0.3 is 0 Å². The molecule has 0 aromatic rings. The molecule has 2 rings (SSSR count). The molecule has 0 amide bonds. The first-order chi connectivity index (χ1) is 7.35. The van der Waals surface area contributed by atoms with E-state index in [4.69, 9.17) is 4.74 Å². The second-order valence-corrected chi connectivity index (χ2v) is 5.11. The Hall–Kier alpha value is -0.0800. The summed E-state index contributed by atoms with van der Waals surface area (Å²) in [5.74, 6) is 0. The lowest BCUT2D eigenvalue weighted by Crippen LogP contribution is -2.52. The molecule has 0 aromatic heterocycles. The van der Waals surface area contributed by atoms with Gasteiger partial charge in [-0.15, -0.1) is 0 Å². The van der Waals surface area contributed by atoms with Crippen LogP contribution < -0.4 is 5.32 Å². The topological polar surface area (TPSA) is 21.3 Å². The highest BCUT2D eigenvalue weighted by molar-refractivity contribution is 4.87. The summed E-state index contributed by atoms with van der Waals surface area (Å²) in [6.45, 7) is 2.96. The summed E-state index contributed by atoms with van der Waals surface area (Å²) >= 11 is 0. The predicted octanol–water partition coefficient (Wildman–Crippen LogP) is 3.22. The van der Waals surface area contributed by atoms with Crippen molar-refractivity contribution in [3.8, 4) is 0 Å². The lowest BCUT2D eigenvalue weighted by atomic mass is 9.90. The number of hydrogen-bond donors (Lipinski definition) is 1. The standard InChI is InChI=1S/C13H25NO/c1-2-15-13(10-6-3-7-11-13)14-12-8-4-5-9-12/h12,14H,2-11H2,1H3. The molecular weight excluding hydrogens is 186 g/mol. The molecule has 0 atom stereocenters. The van der Waals surface area contributed by atoms with Crippen molar-refractivity contribution >= 4 is 0 Å². The Morgan fingerprint density at radius 3 is 2.33 bits per heavy atom. The number of rotatable bonds is 4. The molecule has 2 fully saturated rings. The highest BCUT2D eigenvalue weighted by Crippen LogP contribution is 2.32. The molecule has 2 saturated carbocycles. The zero-order chi connectivity index (χ0) is 10.6. The Labute approximate surface area is 93.8 Å². The molecule has 88 valence electrons. The summed E-state index contributed by atoms with van der Waals surface area (Å²) in [5, 5.41) is 3.81. The van der Waals surface area contributed by atoms with Crippen LogP contribution >= 0.6 is 0 Å². The van der Waals surface area contributed by atoms with E-state index in [0.717, 1.165) is 12.6 Å². The van der Waals surface area contributed by atoms with E-state index in [9.17, 15) is 0 Å². The summed E-state index contributed by atoms with van der Waals surface area (Å²) in [7, 11) is 0. The van der Waals surface area contributed by atoms with Gasteiger partial charge in [0.2, 0.25) is 0 Å². The van der Waals surface area contributed by atoms with Gasteiger partial charge in [0.05, 0.1) is 0 Å². The quantitative estimate of drug-likeness (QED) is 0.721. The SMILES string of the molecule is CCOC1(NC2CCCC2)CCCCC1. The van der Waals surface area contributed by atoms with Crippen molar-refractivity contribution in [1.29, 1.82) is 0 Å². The third-order valence-electron chi connectivity index (χ3n) is 3.90. The van der Waals surface area contributed by atoms with Crippen molar-refractivity contribution < 1.29 is 4.74 Å². The Kier molecular flexibility index (Phi) is 4.04. The molecule has 15 heavy (non-hydrogen) atoms. The lowest BCUT2D eigenvalue weighted by Gasteiger charge is -2.40. The maximum atomic E-state index is 6.02. The monoisotopic (exact) mass is 211 g/mol. The third-order valence-corrected chi connectivity index (χ3v) is 3.90. The third kappa shape index (κ3) is 2.94. The summed E-state index contributed by atoms with van der Waals surface area (Å²) in [6, 6.07) is 0.731. The van der Waals surface area contributed by atoms with Crippen LogP contribution in [0.25, 0.3) is 0 Å². The van der Waals surface area contributed by atoms with Crippen molar-refractivity contribution in [3.63, 3.8) is 0 Å². The first-order valence-electron chi connectivity index (χ1n) is 6.76. The number of hydrogen-bond acceptors (Lipinski definition) is 2. The molecule has 0 radical (unpaired) electrons. The smallest absolute Gasteiger partial charge is 0.119 e. The minimum atomic E-state index is 0.0437. The van der Waals surface area contributed by atoms with Gasteiger partial charge in [0, 0.05) is 12.6 Å². The van der Waals surface area contributed by atoms with E-state index >= 15 is 0 Å². The average Bonchev–Trinajstić information content (AvgIpc) is 2.72. The fraction of sp³-hybridized carbons (Fsp3) is 1.00.